The first-order chi connectivity index (χ1) is 9.22. The molecule has 2 rings (SSSR count). The second kappa shape index (κ2) is 6.92. The highest BCUT2D eigenvalue weighted by Gasteiger charge is 2.19. The smallest absolute Gasteiger partial charge is 0.127 e. The summed E-state index contributed by atoms with van der Waals surface area (Å²) in [6, 6.07) is 4.90. The van der Waals surface area contributed by atoms with Crippen LogP contribution in [0.2, 0.25) is 5.02 Å². The number of benzene rings is 1. The summed E-state index contributed by atoms with van der Waals surface area (Å²) in [4.78, 5) is 0. The van der Waals surface area contributed by atoms with Gasteiger partial charge in [-0.25, -0.2) is 4.39 Å². The highest BCUT2D eigenvalue weighted by Crippen LogP contribution is 2.24. The van der Waals surface area contributed by atoms with Crippen molar-refractivity contribution >= 4 is 11.6 Å². The summed E-state index contributed by atoms with van der Waals surface area (Å²) in [7, 11) is 0. The van der Waals surface area contributed by atoms with Crippen LogP contribution in [0.1, 0.15) is 25.3 Å². The normalized spacial score (nSPS) is 16.7. The molecule has 0 amide bonds. The van der Waals surface area contributed by atoms with Crippen LogP contribution >= 0.6 is 11.6 Å². The van der Waals surface area contributed by atoms with Gasteiger partial charge in [0.2, 0.25) is 0 Å². The van der Waals surface area contributed by atoms with Crippen molar-refractivity contribution in [3.05, 3.63) is 46.4 Å². The van der Waals surface area contributed by atoms with Crippen LogP contribution in [0.15, 0.2) is 30.0 Å². The molecule has 0 aliphatic carbocycles. The van der Waals surface area contributed by atoms with E-state index in [4.69, 9.17) is 16.3 Å². The highest BCUT2D eigenvalue weighted by atomic mass is 35.5. The predicted octanol–water partition coefficient (Wildman–Crippen LogP) is 3.69. The van der Waals surface area contributed by atoms with Gasteiger partial charge in [-0.15, -0.1) is 0 Å². The molecule has 19 heavy (non-hydrogen) atoms. The van der Waals surface area contributed by atoms with Crippen molar-refractivity contribution in [2.75, 3.05) is 13.2 Å². The Balaban J connectivity index is 2.18. The molecule has 1 atom stereocenters. The van der Waals surface area contributed by atoms with E-state index in [0.717, 1.165) is 26.0 Å². The van der Waals surface area contributed by atoms with Crippen LogP contribution in [-0.4, -0.2) is 19.2 Å². The Morgan fingerprint density at radius 2 is 2.32 bits per heavy atom. The molecule has 0 spiro atoms. The number of hydrogen-bond acceptors (Lipinski definition) is 2. The maximum atomic E-state index is 13.9. The van der Waals surface area contributed by atoms with Crippen molar-refractivity contribution in [1.82, 2.24) is 5.32 Å². The Kier molecular flexibility index (Phi) is 5.23. The standard InChI is InChI=1S/C15H19ClFNO/c1-2-18-15(11-5-4-8-19-10-11)9-12-13(16)6-3-7-14(12)17/h3,6-7,10,15,18H,2,4-5,8-9H2,1H3. The molecule has 1 N–H and O–H groups in total. The average Bonchev–Trinajstić information content (AvgIpc) is 2.43. The van der Waals surface area contributed by atoms with E-state index in [1.54, 1.807) is 12.1 Å². The van der Waals surface area contributed by atoms with Gasteiger partial charge in [0.1, 0.15) is 5.82 Å². The van der Waals surface area contributed by atoms with Crippen LogP contribution in [-0.2, 0) is 11.2 Å². The molecule has 0 saturated carbocycles. The quantitative estimate of drug-likeness (QED) is 0.890. The lowest BCUT2D eigenvalue weighted by atomic mass is 9.95. The van der Waals surface area contributed by atoms with Crippen molar-refractivity contribution < 1.29 is 9.13 Å². The fourth-order valence-corrected chi connectivity index (χ4v) is 2.59. The van der Waals surface area contributed by atoms with E-state index in [1.807, 2.05) is 13.2 Å². The molecule has 0 bridgehead atoms. The summed E-state index contributed by atoms with van der Waals surface area (Å²) >= 11 is 6.09. The molecule has 1 aliphatic heterocycles. The van der Waals surface area contributed by atoms with Crippen LogP contribution in [0.5, 0.6) is 0 Å². The number of halogens is 2. The lowest BCUT2D eigenvalue weighted by molar-refractivity contribution is 0.219. The van der Waals surface area contributed by atoms with E-state index in [1.165, 1.54) is 11.6 Å². The minimum absolute atomic E-state index is 0.0831. The number of nitrogens with one attached hydrogen (secondary N) is 1. The average molecular weight is 284 g/mol. The molecule has 2 nitrogen and oxygen atoms in total. The van der Waals surface area contributed by atoms with Gasteiger partial charge in [0.15, 0.2) is 0 Å². The van der Waals surface area contributed by atoms with Crippen LogP contribution in [0, 0.1) is 5.82 Å². The Morgan fingerprint density at radius 1 is 1.47 bits per heavy atom. The van der Waals surface area contributed by atoms with E-state index in [2.05, 4.69) is 5.32 Å². The summed E-state index contributed by atoms with van der Waals surface area (Å²) in [5, 5.41) is 3.87. The lowest BCUT2D eigenvalue weighted by Crippen LogP contribution is -2.34. The van der Waals surface area contributed by atoms with E-state index in [-0.39, 0.29) is 11.9 Å². The second-order valence-corrected chi connectivity index (χ2v) is 5.09. The van der Waals surface area contributed by atoms with E-state index in [9.17, 15) is 4.39 Å². The van der Waals surface area contributed by atoms with Gasteiger partial charge in [0, 0.05) is 16.6 Å². The fourth-order valence-electron chi connectivity index (χ4n) is 2.35. The minimum atomic E-state index is -0.243. The molecule has 1 aromatic rings. The summed E-state index contributed by atoms with van der Waals surface area (Å²) in [5.74, 6) is -0.243. The van der Waals surface area contributed by atoms with Crippen molar-refractivity contribution in [2.24, 2.45) is 0 Å². The van der Waals surface area contributed by atoms with Gasteiger partial charge in [-0.2, -0.15) is 0 Å². The van der Waals surface area contributed by atoms with Crippen LogP contribution in [0.4, 0.5) is 4.39 Å². The third kappa shape index (κ3) is 3.71. The molecule has 0 fully saturated rings. The number of rotatable bonds is 5. The van der Waals surface area contributed by atoms with Crippen molar-refractivity contribution in [3.8, 4) is 0 Å². The first-order valence-corrected chi connectivity index (χ1v) is 7.07. The number of ether oxygens (including phenoxy) is 1. The summed E-state index contributed by atoms with van der Waals surface area (Å²) in [6.07, 6.45) is 4.36. The molecule has 0 radical (unpaired) electrons. The molecule has 0 saturated heterocycles. The minimum Gasteiger partial charge on any atom is -0.501 e. The lowest BCUT2D eigenvalue weighted by Gasteiger charge is -2.24. The zero-order valence-electron chi connectivity index (χ0n) is 11.1. The van der Waals surface area contributed by atoms with Gasteiger partial charge >= 0.3 is 0 Å². The highest BCUT2D eigenvalue weighted by molar-refractivity contribution is 6.31. The van der Waals surface area contributed by atoms with Crippen molar-refractivity contribution in [3.63, 3.8) is 0 Å². The Labute approximate surface area is 118 Å². The number of hydrogen-bond donors (Lipinski definition) is 1. The largest absolute Gasteiger partial charge is 0.501 e. The van der Waals surface area contributed by atoms with Crippen molar-refractivity contribution in [1.29, 1.82) is 0 Å². The molecule has 1 unspecified atom stereocenters. The maximum Gasteiger partial charge on any atom is 0.127 e. The molecule has 104 valence electrons. The third-order valence-corrected chi connectivity index (χ3v) is 3.68. The monoisotopic (exact) mass is 283 g/mol. The van der Waals surface area contributed by atoms with Gasteiger partial charge in [0.05, 0.1) is 12.9 Å². The second-order valence-electron chi connectivity index (χ2n) is 4.68. The van der Waals surface area contributed by atoms with E-state index >= 15 is 0 Å². The first kappa shape index (κ1) is 14.4. The van der Waals surface area contributed by atoms with Gasteiger partial charge in [0.25, 0.3) is 0 Å². The summed E-state index contributed by atoms with van der Waals surface area (Å²) in [6.45, 7) is 3.64. The fraction of sp³-hybridized carbons (Fsp3) is 0.467. The molecule has 1 aliphatic rings. The zero-order chi connectivity index (χ0) is 13.7. The Bertz CT molecular complexity index is 441. The predicted molar refractivity (Wildman–Crippen MR) is 75.8 cm³/mol. The Hall–Kier alpha value is -1.06. The van der Waals surface area contributed by atoms with E-state index < -0.39 is 0 Å². The topological polar surface area (TPSA) is 21.3 Å². The number of likely N-dealkylation sites (N-methyl/N-ethyl adjacent to an activating group) is 1. The third-order valence-electron chi connectivity index (χ3n) is 3.33. The van der Waals surface area contributed by atoms with Gasteiger partial charge < -0.3 is 10.1 Å². The zero-order valence-corrected chi connectivity index (χ0v) is 11.8. The van der Waals surface area contributed by atoms with Crippen molar-refractivity contribution in [2.45, 2.75) is 32.2 Å². The Morgan fingerprint density at radius 3 is 2.95 bits per heavy atom. The van der Waals surface area contributed by atoms with E-state index in [0.29, 0.717) is 17.0 Å². The molecular formula is C15H19ClFNO. The van der Waals surface area contributed by atoms with Gasteiger partial charge in [-0.3, -0.25) is 0 Å². The molecule has 0 aromatic heterocycles. The SMILES string of the molecule is CCNC(Cc1c(F)cccc1Cl)C1=COCCC1. The molecule has 4 heteroatoms. The maximum absolute atomic E-state index is 13.9. The van der Waals surface area contributed by atoms with Gasteiger partial charge in [-0.1, -0.05) is 24.6 Å². The van der Waals surface area contributed by atoms with Crippen LogP contribution in [0.3, 0.4) is 0 Å². The summed E-state index contributed by atoms with van der Waals surface area (Å²) < 4.78 is 19.2. The van der Waals surface area contributed by atoms with Crippen LogP contribution in [0.25, 0.3) is 0 Å². The summed E-state index contributed by atoms with van der Waals surface area (Å²) in [5.41, 5.74) is 1.76. The first-order valence-electron chi connectivity index (χ1n) is 6.69. The molecule has 1 aromatic carbocycles. The molecule has 1 heterocycles. The van der Waals surface area contributed by atoms with Gasteiger partial charge in [-0.05, 0) is 43.5 Å². The van der Waals surface area contributed by atoms with Crippen LogP contribution < -0.4 is 5.32 Å². The molecular weight excluding hydrogens is 265 g/mol.